The van der Waals surface area contributed by atoms with E-state index in [9.17, 15) is 4.79 Å². The normalized spacial score (nSPS) is 13.9. The minimum absolute atomic E-state index is 0.0444. The Labute approximate surface area is 103 Å². The maximum atomic E-state index is 11.4. The van der Waals surface area contributed by atoms with Crippen molar-refractivity contribution >= 4 is 11.7 Å². The van der Waals surface area contributed by atoms with E-state index in [1.807, 2.05) is 13.8 Å². The molecule has 17 heavy (non-hydrogen) atoms. The minimum Gasteiger partial charge on any atom is -0.469 e. The van der Waals surface area contributed by atoms with Crippen molar-refractivity contribution in [3.8, 4) is 0 Å². The summed E-state index contributed by atoms with van der Waals surface area (Å²) >= 11 is 0. The molecule has 0 saturated heterocycles. The van der Waals surface area contributed by atoms with Crippen LogP contribution >= 0.6 is 0 Å². The van der Waals surface area contributed by atoms with Gasteiger partial charge in [0, 0.05) is 11.7 Å². The molecule has 3 nitrogen and oxygen atoms in total. The molecule has 0 aliphatic carbocycles. The summed E-state index contributed by atoms with van der Waals surface area (Å²) in [5, 5.41) is 3.37. The van der Waals surface area contributed by atoms with Crippen LogP contribution in [0.2, 0.25) is 0 Å². The van der Waals surface area contributed by atoms with Crippen molar-refractivity contribution in [2.24, 2.45) is 5.92 Å². The van der Waals surface area contributed by atoms with Gasteiger partial charge in [0.25, 0.3) is 0 Å². The number of carbonyl (C=O) groups excluding carboxylic acids is 1. The lowest BCUT2D eigenvalue weighted by atomic mass is 10.0. The van der Waals surface area contributed by atoms with Crippen LogP contribution in [0.3, 0.4) is 0 Å². The van der Waals surface area contributed by atoms with E-state index in [1.54, 1.807) is 0 Å². The fourth-order valence-corrected chi connectivity index (χ4v) is 1.65. The molecule has 0 amide bonds. The van der Waals surface area contributed by atoms with Crippen LogP contribution in [0.15, 0.2) is 18.2 Å². The zero-order valence-electron chi connectivity index (χ0n) is 11.2. The van der Waals surface area contributed by atoms with Gasteiger partial charge in [-0.15, -0.1) is 0 Å². The van der Waals surface area contributed by atoms with Gasteiger partial charge in [-0.05, 0) is 44.9 Å². The van der Waals surface area contributed by atoms with Gasteiger partial charge >= 0.3 is 5.97 Å². The van der Waals surface area contributed by atoms with Gasteiger partial charge in [0.05, 0.1) is 13.0 Å². The summed E-state index contributed by atoms with van der Waals surface area (Å²) in [5.74, 6) is -0.352. The summed E-state index contributed by atoms with van der Waals surface area (Å²) < 4.78 is 4.75. The van der Waals surface area contributed by atoms with Crippen molar-refractivity contribution in [2.45, 2.75) is 33.7 Å². The molecule has 0 radical (unpaired) electrons. The van der Waals surface area contributed by atoms with Crippen molar-refractivity contribution < 1.29 is 9.53 Å². The van der Waals surface area contributed by atoms with Gasteiger partial charge in [-0.2, -0.15) is 0 Å². The highest BCUT2D eigenvalue weighted by Crippen LogP contribution is 2.19. The second-order valence-corrected chi connectivity index (χ2v) is 4.56. The van der Waals surface area contributed by atoms with Crippen molar-refractivity contribution in [3.05, 3.63) is 29.3 Å². The highest BCUT2D eigenvalue weighted by molar-refractivity contribution is 5.73. The molecule has 0 fully saturated rings. The standard InChI is InChI=1S/C14H21NO2/c1-9-6-7-10(2)13(8-9)15-12(4)11(3)14(16)17-5/h6-8,11-12,15H,1-5H3. The van der Waals surface area contributed by atoms with Crippen LogP contribution in [0.4, 0.5) is 5.69 Å². The van der Waals surface area contributed by atoms with Crippen LogP contribution < -0.4 is 5.32 Å². The van der Waals surface area contributed by atoms with Gasteiger partial charge in [-0.25, -0.2) is 0 Å². The van der Waals surface area contributed by atoms with E-state index >= 15 is 0 Å². The van der Waals surface area contributed by atoms with E-state index in [0.29, 0.717) is 0 Å². The van der Waals surface area contributed by atoms with Crippen molar-refractivity contribution in [1.29, 1.82) is 0 Å². The Kier molecular flexibility index (Phi) is 4.55. The summed E-state index contributed by atoms with van der Waals surface area (Å²) in [5.41, 5.74) is 3.46. The molecular formula is C14H21NO2. The van der Waals surface area contributed by atoms with Crippen LogP contribution in [0.25, 0.3) is 0 Å². The van der Waals surface area contributed by atoms with Gasteiger partial charge in [-0.1, -0.05) is 12.1 Å². The minimum atomic E-state index is -0.185. The number of nitrogens with one attached hydrogen (secondary N) is 1. The average Bonchev–Trinajstić information content (AvgIpc) is 2.31. The molecule has 1 N–H and O–H groups in total. The Bertz CT molecular complexity index is 401. The lowest BCUT2D eigenvalue weighted by molar-refractivity contribution is -0.145. The second kappa shape index (κ2) is 5.71. The van der Waals surface area contributed by atoms with Gasteiger partial charge in [0.1, 0.15) is 0 Å². The molecule has 1 rings (SSSR count). The second-order valence-electron chi connectivity index (χ2n) is 4.56. The number of hydrogen-bond donors (Lipinski definition) is 1. The summed E-state index contributed by atoms with van der Waals surface area (Å²) in [4.78, 5) is 11.4. The monoisotopic (exact) mass is 235 g/mol. The largest absolute Gasteiger partial charge is 0.469 e. The number of esters is 1. The van der Waals surface area contributed by atoms with E-state index < -0.39 is 0 Å². The highest BCUT2D eigenvalue weighted by Gasteiger charge is 2.20. The number of methoxy groups -OCH3 is 1. The van der Waals surface area contributed by atoms with E-state index in [2.05, 4.69) is 37.4 Å². The van der Waals surface area contributed by atoms with Gasteiger partial charge in [0.2, 0.25) is 0 Å². The van der Waals surface area contributed by atoms with Crippen LogP contribution in [0, 0.1) is 19.8 Å². The maximum Gasteiger partial charge on any atom is 0.310 e. The third-order valence-corrected chi connectivity index (χ3v) is 3.10. The molecule has 3 heteroatoms. The average molecular weight is 235 g/mol. The quantitative estimate of drug-likeness (QED) is 0.815. The lowest BCUT2D eigenvalue weighted by Crippen LogP contribution is -2.31. The molecule has 94 valence electrons. The molecule has 0 aliphatic heterocycles. The molecule has 1 aromatic rings. The number of anilines is 1. The Hall–Kier alpha value is -1.51. The highest BCUT2D eigenvalue weighted by atomic mass is 16.5. The first-order chi connectivity index (χ1) is 7.95. The predicted molar refractivity (Wildman–Crippen MR) is 70.2 cm³/mol. The Morgan fingerprint density at radius 3 is 2.53 bits per heavy atom. The number of benzene rings is 1. The summed E-state index contributed by atoms with van der Waals surface area (Å²) in [6.45, 7) is 7.97. The van der Waals surface area contributed by atoms with Crippen LogP contribution in [-0.4, -0.2) is 19.1 Å². The predicted octanol–water partition coefficient (Wildman–Crippen LogP) is 2.91. The molecule has 0 aromatic heterocycles. The lowest BCUT2D eigenvalue weighted by Gasteiger charge is -2.21. The van der Waals surface area contributed by atoms with Gasteiger partial charge < -0.3 is 10.1 Å². The molecular weight excluding hydrogens is 214 g/mol. The first-order valence-electron chi connectivity index (χ1n) is 5.87. The molecule has 2 unspecified atom stereocenters. The fourth-order valence-electron chi connectivity index (χ4n) is 1.65. The number of rotatable bonds is 4. The Morgan fingerprint density at radius 1 is 1.29 bits per heavy atom. The fraction of sp³-hybridized carbons (Fsp3) is 0.500. The molecule has 0 heterocycles. The molecule has 2 atom stereocenters. The van der Waals surface area contributed by atoms with E-state index in [-0.39, 0.29) is 17.9 Å². The van der Waals surface area contributed by atoms with Crippen molar-refractivity contribution in [2.75, 3.05) is 12.4 Å². The van der Waals surface area contributed by atoms with Gasteiger partial charge in [0.15, 0.2) is 0 Å². The summed E-state index contributed by atoms with van der Waals surface area (Å²) in [6.07, 6.45) is 0. The first kappa shape index (κ1) is 13.6. The molecule has 0 saturated carbocycles. The third kappa shape index (κ3) is 3.48. The zero-order chi connectivity index (χ0) is 13.0. The third-order valence-electron chi connectivity index (χ3n) is 3.10. The first-order valence-corrected chi connectivity index (χ1v) is 5.87. The summed E-state index contributed by atoms with van der Waals surface area (Å²) in [6, 6.07) is 6.29. The molecule has 0 spiro atoms. The van der Waals surface area contributed by atoms with E-state index in [0.717, 1.165) is 5.69 Å². The smallest absolute Gasteiger partial charge is 0.310 e. The number of ether oxygens (including phenoxy) is 1. The Balaban J connectivity index is 2.77. The molecule has 1 aromatic carbocycles. The maximum absolute atomic E-state index is 11.4. The van der Waals surface area contributed by atoms with Crippen LogP contribution in [0.5, 0.6) is 0 Å². The number of carbonyl (C=O) groups is 1. The van der Waals surface area contributed by atoms with Crippen molar-refractivity contribution in [3.63, 3.8) is 0 Å². The number of aryl methyl sites for hydroxylation is 2. The summed E-state index contributed by atoms with van der Waals surface area (Å²) in [7, 11) is 1.42. The Morgan fingerprint density at radius 2 is 1.94 bits per heavy atom. The number of hydrogen-bond acceptors (Lipinski definition) is 3. The van der Waals surface area contributed by atoms with Crippen molar-refractivity contribution in [1.82, 2.24) is 0 Å². The SMILES string of the molecule is COC(=O)C(C)C(C)Nc1cc(C)ccc1C. The van der Waals surface area contributed by atoms with Crippen LogP contribution in [0.1, 0.15) is 25.0 Å². The van der Waals surface area contributed by atoms with E-state index in [1.165, 1.54) is 18.2 Å². The topological polar surface area (TPSA) is 38.3 Å². The zero-order valence-corrected chi connectivity index (χ0v) is 11.2. The molecule has 0 bridgehead atoms. The van der Waals surface area contributed by atoms with Crippen LogP contribution in [-0.2, 0) is 9.53 Å². The van der Waals surface area contributed by atoms with E-state index in [4.69, 9.17) is 4.74 Å². The van der Waals surface area contributed by atoms with Gasteiger partial charge in [-0.3, -0.25) is 4.79 Å². The molecule has 0 aliphatic rings.